The molecule has 1 unspecified atom stereocenters. The average molecular weight is 398 g/mol. The Hall–Kier alpha value is -2.21. The minimum atomic E-state index is -1.03. The Morgan fingerprint density at radius 2 is 1.68 bits per heavy atom. The quantitative estimate of drug-likeness (QED) is 0.551. The van der Waals surface area contributed by atoms with E-state index in [1.807, 2.05) is 31.2 Å². The molecular weight excluding hydrogens is 370 g/mol. The molecule has 0 aliphatic carbocycles. The number of benzene rings is 2. The highest BCUT2D eigenvalue weighted by Crippen LogP contribution is 2.42. The van der Waals surface area contributed by atoms with Crippen LogP contribution in [0.5, 0.6) is 5.75 Å². The summed E-state index contributed by atoms with van der Waals surface area (Å²) in [6.07, 6.45) is 1.58. The number of hydrogen-bond donors (Lipinski definition) is 2. The standard InChI is InChI=1S/C23H27NO3S/c1-4-23(26,14-5-15-25)22-24-20(17-10-12-19(27-3)13-11-17)21(28-22)18-8-6-16(2)7-9-18/h6-13,25-26H,4-5,14-15H2,1-3H3. The van der Waals surface area contributed by atoms with Crippen molar-refractivity contribution in [3.05, 3.63) is 59.1 Å². The zero-order valence-corrected chi connectivity index (χ0v) is 17.4. The molecule has 0 fully saturated rings. The second-order valence-corrected chi connectivity index (χ2v) is 8.00. The first-order valence-electron chi connectivity index (χ1n) is 9.56. The van der Waals surface area contributed by atoms with Crippen molar-refractivity contribution in [2.45, 2.75) is 38.7 Å². The van der Waals surface area contributed by atoms with Crippen molar-refractivity contribution in [1.29, 1.82) is 0 Å². The molecule has 0 saturated heterocycles. The van der Waals surface area contributed by atoms with Crippen molar-refractivity contribution in [2.75, 3.05) is 13.7 Å². The van der Waals surface area contributed by atoms with Crippen LogP contribution in [0.25, 0.3) is 21.7 Å². The molecule has 4 nitrogen and oxygen atoms in total. The van der Waals surface area contributed by atoms with Gasteiger partial charge in [0.2, 0.25) is 0 Å². The van der Waals surface area contributed by atoms with E-state index in [0.29, 0.717) is 24.3 Å². The predicted octanol–water partition coefficient (Wildman–Crippen LogP) is 5.16. The second-order valence-electron chi connectivity index (χ2n) is 7.00. The lowest BCUT2D eigenvalue weighted by Crippen LogP contribution is -2.24. The van der Waals surface area contributed by atoms with E-state index in [-0.39, 0.29) is 6.61 Å². The van der Waals surface area contributed by atoms with Gasteiger partial charge in [0, 0.05) is 12.2 Å². The lowest BCUT2D eigenvalue weighted by Gasteiger charge is -2.23. The number of rotatable bonds is 8. The summed E-state index contributed by atoms with van der Waals surface area (Å²) < 4.78 is 5.27. The van der Waals surface area contributed by atoms with Crippen molar-refractivity contribution in [1.82, 2.24) is 4.98 Å². The van der Waals surface area contributed by atoms with E-state index >= 15 is 0 Å². The fraction of sp³-hybridized carbons (Fsp3) is 0.348. The number of nitrogens with zero attached hydrogens (tertiary/aromatic N) is 1. The summed E-state index contributed by atoms with van der Waals surface area (Å²) in [5.74, 6) is 0.795. The number of methoxy groups -OCH3 is 1. The first-order valence-corrected chi connectivity index (χ1v) is 10.4. The minimum absolute atomic E-state index is 0.0594. The van der Waals surface area contributed by atoms with Crippen molar-refractivity contribution < 1.29 is 14.9 Å². The van der Waals surface area contributed by atoms with E-state index in [1.165, 1.54) is 16.9 Å². The third-order valence-electron chi connectivity index (χ3n) is 5.04. The van der Waals surface area contributed by atoms with E-state index < -0.39 is 5.60 Å². The van der Waals surface area contributed by atoms with Gasteiger partial charge in [-0.05, 0) is 56.0 Å². The van der Waals surface area contributed by atoms with Crippen LogP contribution >= 0.6 is 11.3 Å². The first kappa shape index (κ1) is 20.5. The second kappa shape index (κ2) is 8.86. The third kappa shape index (κ3) is 4.27. The maximum absolute atomic E-state index is 11.2. The molecule has 0 aliphatic rings. The number of hydrogen-bond acceptors (Lipinski definition) is 5. The number of ether oxygens (including phenoxy) is 1. The summed E-state index contributed by atoms with van der Waals surface area (Å²) in [5, 5.41) is 21.1. The van der Waals surface area contributed by atoms with E-state index in [4.69, 9.17) is 9.72 Å². The zero-order valence-electron chi connectivity index (χ0n) is 16.6. The molecule has 0 amide bonds. The summed E-state index contributed by atoms with van der Waals surface area (Å²) in [5.41, 5.74) is 3.10. The molecule has 1 heterocycles. The Morgan fingerprint density at radius 3 is 2.25 bits per heavy atom. The fourth-order valence-corrected chi connectivity index (χ4v) is 4.45. The Kier molecular flexibility index (Phi) is 6.50. The van der Waals surface area contributed by atoms with Gasteiger partial charge in [0.05, 0.1) is 17.7 Å². The molecule has 0 aliphatic heterocycles. The van der Waals surface area contributed by atoms with Gasteiger partial charge < -0.3 is 14.9 Å². The van der Waals surface area contributed by atoms with Crippen LogP contribution in [0.1, 0.15) is 36.8 Å². The summed E-state index contributed by atoms with van der Waals surface area (Å²) in [7, 11) is 1.65. The van der Waals surface area contributed by atoms with Crippen LogP contribution in [-0.4, -0.2) is 28.9 Å². The van der Waals surface area contributed by atoms with Gasteiger partial charge in [-0.1, -0.05) is 36.8 Å². The highest BCUT2D eigenvalue weighted by molar-refractivity contribution is 7.15. The molecule has 3 rings (SSSR count). The maximum atomic E-state index is 11.2. The molecule has 2 N–H and O–H groups in total. The first-order chi connectivity index (χ1) is 13.5. The summed E-state index contributed by atoms with van der Waals surface area (Å²) in [6, 6.07) is 16.2. The van der Waals surface area contributed by atoms with Crippen molar-refractivity contribution in [2.24, 2.45) is 0 Å². The Labute approximate surface area is 170 Å². The maximum Gasteiger partial charge on any atom is 0.126 e. The Bertz CT molecular complexity index is 903. The largest absolute Gasteiger partial charge is 0.497 e. The average Bonchev–Trinajstić information content (AvgIpc) is 3.18. The molecule has 3 aromatic rings. The number of aliphatic hydroxyl groups is 2. The van der Waals surface area contributed by atoms with Crippen LogP contribution in [0.4, 0.5) is 0 Å². The molecule has 1 aromatic heterocycles. The Morgan fingerprint density at radius 1 is 1.04 bits per heavy atom. The van der Waals surface area contributed by atoms with E-state index in [2.05, 4.69) is 31.2 Å². The molecule has 0 radical (unpaired) electrons. The smallest absolute Gasteiger partial charge is 0.126 e. The predicted molar refractivity (Wildman–Crippen MR) is 115 cm³/mol. The van der Waals surface area contributed by atoms with Crippen molar-refractivity contribution in [3.63, 3.8) is 0 Å². The molecule has 5 heteroatoms. The number of aliphatic hydroxyl groups excluding tert-OH is 1. The molecule has 2 aromatic carbocycles. The van der Waals surface area contributed by atoms with Gasteiger partial charge in [0.1, 0.15) is 16.4 Å². The van der Waals surface area contributed by atoms with Crippen LogP contribution in [0.3, 0.4) is 0 Å². The van der Waals surface area contributed by atoms with E-state index in [9.17, 15) is 10.2 Å². The lowest BCUT2D eigenvalue weighted by molar-refractivity contribution is 0.0168. The molecule has 28 heavy (non-hydrogen) atoms. The molecule has 0 saturated carbocycles. The van der Waals surface area contributed by atoms with Crippen LogP contribution in [0, 0.1) is 6.92 Å². The van der Waals surface area contributed by atoms with Gasteiger partial charge >= 0.3 is 0 Å². The van der Waals surface area contributed by atoms with Gasteiger partial charge in [-0.3, -0.25) is 0 Å². The molecular formula is C23H27NO3S. The number of aromatic nitrogens is 1. The minimum Gasteiger partial charge on any atom is -0.497 e. The molecule has 148 valence electrons. The van der Waals surface area contributed by atoms with Crippen LogP contribution < -0.4 is 4.74 Å². The normalized spacial score (nSPS) is 13.3. The molecule has 1 atom stereocenters. The number of aryl methyl sites for hydroxylation is 1. The summed E-state index contributed by atoms with van der Waals surface area (Å²) in [4.78, 5) is 5.91. The van der Waals surface area contributed by atoms with Crippen LogP contribution in [0.15, 0.2) is 48.5 Å². The van der Waals surface area contributed by atoms with E-state index in [1.54, 1.807) is 7.11 Å². The molecule has 0 bridgehead atoms. The highest BCUT2D eigenvalue weighted by atomic mass is 32.1. The van der Waals surface area contributed by atoms with Gasteiger partial charge in [-0.2, -0.15) is 0 Å². The van der Waals surface area contributed by atoms with Gasteiger partial charge in [-0.15, -0.1) is 11.3 Å². The SMILES string of the molecule is CCC(O)(CCCO)c1nc(-c2ccc(OC)cc2)c(-c2ccc(C)cc2)s1. The zero-order chi connectivity index (χ0) is 20.1. The van der Waals surface area contributed by atoms with E-state index in [0.717, 1.165) is 27.4 Å². The third-order valence-corrected chi connectivity index (χ3v) is 6.33. The van der Waals surface area contributed by atoms with Crippen LogP contribution in [-0.2, 0) is 5.60 Å². The van der Waals surface area contributed by atoms with Crippen LogP contribution in [0.2, 0.25) is 0 Å². The Balaban J connectivity index is 2.12. The lowest BCUT2D eigenvalue weighted by atomic mass is 9.95. The van der Waals surface area contributed by atoms with Gasteiger partial charge in [0.15, 0.2) is 0 Å². The number of thiazole rings is 1. The topological polar surface area (TPSA) is 62.6 Å². The van der Waals surface area contributed by atoms with Crippen molar-refractivity contribution >= 4 is 11.3 Å². The summed E-state index contributed by atoms with van der Waals surface area (Å²) in [6.45, 7) is 4.08. The fourth-order valence-electron chi connectivity index (χ4n) is 3.17. The highest BCUT2D eigenvalue weighted by Gasteiger charge is 2.32. The summed E-state index contributed by atoms with van der Waals surface area (Å²) >= 11 is 1.53. The monoisotopic (exact) mass is 397 g/mol. The molecule has 0 spiro atoms. The van der Waals surface area contributed by atoms with Crippen molar-refractivity contribution in [3.8, 4) is 27.4 Å². The van der Waals surface area contributed by atoms with Gasteiger partial charge in [0.25, 0.3) is 0 Å². The van der Waals surface area contributed by atoms with Gasteiger partial charge in [-0.25, -0.2) is 4.98 Å².